The highest BCUT2D eigenvalue weighted by molar-refractivity contribution is 5.97. The third kappa shape index (κ3) is 15.2. The number of aliphatic hydroxyl groups excluding tert-OH is 1. The first-order valence-electron chi connectivity index (χ1n) is 21.0. The number of carboxylic acid groups (broad SMARTS) is 1. The number of carbonyl (C=O) groups excluding carboxylic acids is 6. The standard InChI is InChI=1S/C41H66N10O10/c1-22(2)19-29(35(55)48-30(20-23(3)4)36(56)49-33(24(5)52)39(59)51-18-8-11-32(51)40(60)61)47-34(54)28(9-6-16-45-41(43)44)46-37(57)31-10-7-17-50(31)38(58)27(42)21-25-12-14-26(53)15-13-25/h12-15,22-24,27-33,52-53H,6-11,16-21,42H2,1-5H3,(H,46,57)(H,47,54)(H,48,55)(H,49,56)(H,60,61)(H4,43,44,45)/t24-,27+,28+,29+,30+,31+,32+,33+/m1/s1. The Morgan fingerprint density at radius 3 is 1.77 bits per heavy atom. The van der Waals surface area contributed by atoms with Gasteiger partial charge in [-0.25, -0.2) is 4.79 Å². The van der Waals surface area contributed by atoms with E-state index in [2.05, 4.69) is 26.3 Å². The van der Waals surface area contributed by atoms with E-state index in [1.54, 1.807) is 12.1 Å². The highest BCUT2D eigenvalue weighted by Crippen LogP contribution is 2.22. The number of phenolic OH excluding ortho intramolecular Hbond substituents is 1. The molecule has 3 rings (SSSR count). The van der Waals surface area contributed by atoms with Crippen LogP contribution in [0, 0.1) is 11.8 Å². The minimum Gasteiger partial charge on any atom is -0.508 e. The Kier molecular flexibility index (Phi) is 19.2. The molecule has 2 heterocycles. The largest absolute Gasteiger partial charge is 0.508 e. The van der Waals surface area contributed by atoms with Gasteiger partial charge in [0, 0.05) is 19.6 Å². The number of phenols is 1. The van der Waals surface area contributed by atoms with E-state index in [9.17, 15) is 48.9 Å². The molecule has 2 fully saturated rings. The molecule has 6 amide bonds. The molecule has 0 aromatic heterocycles. The zero-order chi connectivity index (χ0) is 45.6. The van der Waals surface area contributed by atoms with Crippen molar-refractivity contribution in [1.29, 1.82) is 0 Å². The Morgan fingerprint density at radius 1 is 0.754 bits per heavy atom. The number of aliphatic carboxylic acids is 1. The fourth-order valence-corrected chi connectivity index (χ4v) is 7.59. The lowest BCUT2D eigenvalue weighted by molar-refractivity contribution is -0.150. The monoisotopic (exact) mass is 858 g/mol. The minimum absolute atomic E-state index is 0.0539. The van der Waals surface area contributed by atoms with Gasteiger partial charge in [-0.1, -0.05) is 39.8 Å². The van der Waals surface area contributed by atoms with Crippen molar-refractivity contribution in [3.8, 4) is 5.75 Å². The molecule has 0 spiro atoms. The first kappa shape index (κ1) is 49.9. The molecule has 13 N–H and O–H groups in total. The summed E-state index contributed by atoms with van der Waals surface area (Å²) in [6.07, 6.45) is 0.839. The second-order valence-corrected chi connectivity index (χ2v) is 16.8. The number of guanidine groups is 1. The average molecular weight is 859 g/mol. The fourth-order valence-electron chi connectivity index (χ4n) is 7.59. The van der Waals surface area contributed by atoms with Crippen LogP contribution in [0.1, 0.15) is 91.5 Å². The van der Waals surface area contributed by atoms with E-state index in [0.29, 0.717) is 19.3 Å². The summed E-state index contributed by atoms with van der Waals surface area (Å²) in [6, 6.07) is -1.81. The molecule has 1 aromatic rings. The maximum absolute atomic E-state index is 14.1. The maximum atomic E-state index is 14.1. The van der Waals surface area contributed by atoms with E-state index >= 15 is 0 Å². The van der Waals surface area contributed by atoms with Crippen molar-refractivity contribution >= 4 is 47.4 Å². The lowest BCUT2D eigenvalue weighted by Gasteiger charge is -2.31. The Bertz CT molecular complexity index is 1720. The van der Waals surface area contributed by atoms with E-state index in [1.807, 2.05) is 27.7 Å². The summed E-state index contributed by atoms with van der Waals surface area (Å²) in [6.45, 7) is 9.14. The topological polar surface area (TPSA) is 325 Å². The van der Waals surface area contributed by atoms with Crippen molar-refractivity contribution in [3.63, 3.8) is 0 Å². The first-order valence-corrected chi connectivity index (χ1v) is 21.0. The van der Waals surface area contributed by atoms with Crippen LogP contribution in [-0.4, -0.2) is 141 Å². The van der Waals surface area contributed by atoms with Crippen LogP contribution in [-0.2, 0) is 40.0 Å². The summed E-state index contributed by atoms with van der Waals surface area (Å²) < 4.78 is 0. The molecule has 20 heteroatoms. The molecule has 0 bridgehead atoms. The quantitative estimate of drug-likeness (QED) is 0.0373. The van der Waals surface area contributed by atoms with Gasteiger partial charge in [0.15, 0.2) is 5.96 Å². The van der Waals surface area contributed by atoms with Gasteiger partial charge in [0.05, 0.1) is 12.1 Å². The molecule has 1 aromatic carbocycles. The molecule has 0 radical (unpaired) electrons. The van der Waals surface area contributed by atoms with Gasteiger partial charge in [0.2, 0.25) is 35.4 Å². The number of nitrogens with zero attached hydrogens (tertiary/aromatic N) is 3. The van der Waals surface area contributed by atoms with Gasteiger partial charge in [0.1, 0.15) is 42.0 Å². The first-order chi connectivity index (χ1) is 28.7. The summed E-state index contributed by atoms with van der Waals surface area (Å²) in [5.41, 5.74) is 18.0. The van der Waals surface area contributed by atoms with Crippen molar-refractivity contribution in [2.24, 2.45) is 34.0 Å². The lowest BCUT2D eigenvalue weighted by Crippen LogP contribution is -2.61. The van der Waals surface area contributed by atoms with Gasteiger partial charge in [-0.15, -0.1) is 0 Å². The van der Waals surface area contributed by atoms with Crippen LogP contribution < -0.4 is 38.5 Å². The van der Waals surface area contributed by atoms with Gasteiger partial charge < -0.3 is 63.6 Å². The van der Waals surface area contributed by atoms with Crippen LogP contribution in [0.5, 0.6) is 5.75 Å². The zero-order valence-corrected chi connectivity index (χ0v) is 35.8. The van der Waals surface area contributed by atoms with E-state index in [4.69, 9.17) is 17.2 Å². The summed E-state index contributed by atoms with van der Waals surface area (Å²) >= 11 is 0. The number of nitrogens with one attached hydrogen (secondary N) is 4. The molecule has 2 saturated heterocycles. The second kappa shape index (κ2) is 23.5. The third-order valence-electron chi connectivity index (χ3n) is 10.7. The summed E-state index contributed by atoms with van der Waals surface area (Å²) in [5, 5.41) is 40.5. The number of carboxylic acids is 1. The average Bonchev–Trinajstić information content (AvgIpc) is 3.88. The predicted molar refractivity (Wildman–Crippen MR) is 225 cm³/mol. The number of aromatic hydroxyl groups is 1. The number of amides is 6. The predicted octanol–water partition coefficient (Wildman–Crippen LogP) is -1.21. The van der Waals surface area contributed by atoms with Crippen molar-refractivity contribution < 1.29 is 48.9 Å². The number of likely N-dealkylation sites (tertiary alicyclic amines) is 2. The van der Waals surface area contributed by atoms with Crippen LogP contribution in [0.15, 0.2) is 29.3 Å². The molecule has 20 nitrogen and oxygen atoms in total. The van der Waals surface area contributed by atoms with E-state index in [0.717, 1.165) is 10.5 Å². The van der Waals surface area contributed by atoms with Crippen LogP contribution >= 0.6 is 0 Å². The van der Waals surface area contributed by atoms with Gasteiger partial charge >= 0.3 is 5.97 Å². The third-order valence-corrected chi connectivity index (χ3v) is 10.7. The fraction of sp³-hybridized carbons (Fsp3) is 0.659. The SMILES string of the molecule is CC(C)C[C@H](NC(=O)[C@H](CCCN=C(N)N)NC(=O)[C@@H]1CCCN1C(=O)[C@@H](N)Cc1ccc(O)cc1)C(=O)N[C@@H](CC(C)C)C(=O)N[C@H](C(=O)N1CCC[C@H]1C(=O)O)[C@@H](C)O. The minimum atomic E-state index is -1.49. The Morgan fingerprint density at radius 2 is 1.26 bits per heavy atom. The number of carbonyl (C=O) groups is 7. The van der Waals surface area contributed by atoms with Gasteiger partial charge in [-0.05, 0) is 94.2 Å². The molecule has 0 aliphatic carbocycles. The molecule has 340 valence electrons. The summed E-state index contributed by atoms with van der Waals surface area (Å²) in [5.74, 6) is -5.56. The highest BCUT2D eigenvalue weighted by atomic mass is 16.4. The Labute approximate surface area is 356 Å². The number of hydrogen-bond donors (Lipinski definition) is 10. The maximum Gasteiger partial charge on any atom is 0.326 e. The molecule has 61 heavy (non-hydrogen) atoms. The van der Waals surface area contributed by atoms with Gasteiger partial charge in [0.25, 0.3) is 0 Å². The highest BCUT2D eigenvalue weighted by Gasteiger charge is 2.41. The number of aliphatic imine (C=N–C) groups is 1. The van der Waals surface area contributed by atoms with Crippen LogP contribution in [0.4, 0.5) is 0 Å². The molecular weight excluding hydrogens is 793 g/mol. The van der Waals surface area contributed by atoms with Crippen LogP contribution in [0.25, 0.3) is 0 Å². The zero-order valence-electron chi connectivity index (χ0n) is 35.8. The normalized spacial score (nSPS) is 19.3. The van der Waals surface area contributed by atoms with Gasteiger partial charge in [-0.3, -0.25) is 33.8 Å². The van der Waals surface area contributed by atoms with Crippen LogP contribution in [0.3, 0.4) is 0 Å². The smallest absolute Gasteiger partial charge is 0.326 e. The molecule has 2 aliphatic heterocycles. The lowest BCUT2D eigenvalue weighted by atomic mass is 9.99. The van der Waals surface area contributed by atoms with Gasteiger partial charge in [-0.2, -0.15) is 0 Å². The van der Waals surface area contributed by atoms with E-state index in [1.165, 1.54) is 24.0 Å². The molecular formula is C41H66N10O10. The van der Waals surface area contributed by atoms with Crippen molar-refractivity contribution in [2.75, 3.05) is 19.6 Å². The Balaban J connectivity index is 1.79. The summed E-state index contributed by atoms with van der Waals surface area (Å²) in [7, 11) is 0. The van der Waals surface area contributed by atoms with E-state index in [-0.39, 0.29) is 81.7 Å². The summed E-state index contributed by atoms with van der Waals surface area (Å²) in [4.78, 5) is 101. The second-order valence-electron chi connectivity index (χ2n) is 16.8. The molecule has 2 aliphatic rings. The van der Waals surface area contributed by atoms with Crippen molar-refractivity contribution in [2.45, 2.75) is 141 Å². The molecule has 0 unspecified atom stereocenters. The Hall–Kier alpha value is -5.50. The van der Waals surface area contributed by atoms with Crippen molar-refractivity contribution in [3.05, 3.63) is 29.8 Å². The van der Waals surface area contributed by atoms with E-state index < -0.39 is 89.8 Å². The number of rotatable bonds is 22. The number of nitrogens with two attached hydrogens (primary N) is 3. The molecule has 8 atom stereocenters. The molecule has 0 saturated carbocycles. The number of hydrogen-bond acceptors (Lipinski definition) is 11. The number of benzene rings is 1. The van der Waals surface area contributed by atoms with Crippen molar-refractivity contribution in [1.82, 2.24) is 31.1 Å². The number of aliphatic hydroxyl groups is 1. The van der Waals surface area contributed by atoms with Crippen LogP contribution in [0.2, 0.25) is 0 Å².